The van der Waals surface area contributed by atoms with Crippen molar-refractivity contribution in [3.8, 4) is 0 Å². The van der Waals surface area contributed by atoms with Gasteiger partial charge in [-0.05, 0) is 25.7 Å². The lowest BCUT2D eigenvalue weighted by atomic mass is 10.1. The molecule has 2 fully saturated rings. The minimum Gasteiger partial charge on any atom is -0.378 e. The summed E-state index contributed by atoms with van der Waals surface area (Å²) < 4.78 is 5.59. The van der Waals surface area contributed by atoms with Gasteiger partial charge in [0.1, 0.15) is 6.04 Å². The van der Waals surface area contributed by atoms with Crippen molar-refractivity contribution in [1.29, 1.82) is 0 Å². The molecule has 2 unspecified atom stereocenters. The molecule has 5 nitrogen and oxygen atoms in total. The van der Waals surface area contributed by atoms with Gasteiger partial charge in [-0.3, -0.25) is 9.59 Å². The molecular weight excluding hydrogens is 244 g/mol. The van der Waals surface area contributed by atoms with Crippen LogP contribution in [0.15, 0.2) is 0 Å². The van der Waals surface area contributed by atoms with Crippen LogP contribution in [-0.4, -0.2) is 48.6 Å². The second-order valence-electron chi connectivity index (χ2n) is 5.41. The Hall–Kier alpha value is -1.10. The van der Waals surface area contributed by atoms with Gasteiger partial charge in [-0.25, -0.2) is 0 Å². The van der Waals surface area contributed by atoms with Gasteiger partial charge < -0.3 is 15.0 Å². The van der Waals surface area contributed by atoms with Crippen molar-refractivity contribution in [3.63, 3.8) is 0 Å². The molecule has 2 amide bonds. The molecule has 0 aliphatic carbocycles. The van der Waals surface area contributed by atoms with E-state index in [0.29, 0.717) is 25.6 Å². The fourth-order valence-electron chi connectivity index (χ4n) is 2.77. The van der Waals surface area contributed by atoms with E-state index < -0.39 is 0 Å². The Balaban J connectivity index is 1.89. The number of ether oxygens (including phenoxy) is 1. The summed E-state index contributed by atoms with van der Waals surface area (Å²) in [6.07, 6.45) is 5.44. The molecule has 0 spiro atoms. The van der Waals surface area contributed by atoms with Gasteiger partial charge in [0.2, 0.25) is 11.8 Å². The monoisotopic (exact) mass is 268 g/mol. The van der Waals surface area contributed by atoms with Crippen LogP contribution in [0.1, 0.15) is 45.4 Å². The lowest BCUT2D eigenvalue weighted by Gasteiger charge is -2.25. The maximum Gasteiger partial charge on any atom is 0.245 e. The largest absolute Gasteiger partial charge is 0.378 e. The average Bonchev–Trinajstić information content (AvgIpc) is 2.86. The molecule has 5 heteroatoms. The Kier molecular flexibility index (Phi) is 5.19. The van der Waals surface area contributed by atoms with E-state index in [9.17, 15) is 9.59 Å². The molecule has 2 heterocycles. The van der Waals surface area contributed by atoms with Crippen LogP contribution in [0.5, 0.6) is 0 Å². The maximum absolute atomic E-state index is 12.4. The van der Waals surface area contributed by atoms with Crippen LogP contribution >= 0.6 is 0 Å². The Morgan fingerprint density at radius 3 is 2.89 bits per heavy atom. The zero-order chi connectivity index (χ0) is 13.7. The van der Waals surface area contributed by atoms with Gasteiger partial charge in [0.25, 0.3) is 0 Å². The van der Waals surface area contributed by atoms with Crippen molar-refractivity contribution >= 4 is 11.8 Å². The van der Waals surface area contributed by atoms with Crippen LogP contribution in [0.4, 0.5) is 0 Å². The topological polar surface area (TPSA) is 58.6 Å². The van der Waals surface area contributed by atoms with Crippen LogP contribution in [0, 0.1) is 0 Å². The summed E-state index contributed by atoms with van der Waals surface area (Å²) >= 11 is 0. The van der Waals surface area contributed by atoms with Gasteiger partial charge in [-0.2, -0.15) is 0 Å². The molecule has 0 aromatic rings. The van der Waals surface area contributed by atoms with Crippen molar-refractivity contribution < 1.29 is 14.3 Å². The first-order chi connectivity index (χ1) is 9.20. The van der Waals surface area contributed by atoms with E-state index >= 15 is 0 Å². The Morgan fingerprint density at radius 2 is 2.21 bits per heavy atom. The second-order valence-corrected chi connectivity index (χ2v) is 5.41. The second kappa shape index (κ2) is 6.89. The fourth-order valence-corrected chi connectivity index (χ4v) is 2.77. The van der Waals surface area contributed by atoms with Crippen molar-refractivity contribution in [1.82, 2.24) is 10.2 Å². The number of carbonyl (C=O) groups is 2. The van der Waals surface area contributed by atoms with E-state index in [2.05, 4.69) is 5.32 Å². The van der Waals surface area contributed by atoms with E-state index in [0.717, 1.165) is 38.7 Å². The first kappa shape index (κ1) is 14.3. The Labute approximate surface area is 114 Å². The molecule has 2 rings (SSSR count). The van der Waals surface area contributed by atoms with E-state index in [1.165, 1.54) is 0 Å². The highest BCUT2D eigenvalue weighted by Crippen LogP contribution is 2.17. The molecule has 2 saturated heterocycles. The van der Waals surface area contributed by atoms with Crippen LogP contribution in [0.3, 0.4) is 0 Å². The minimum atomic E-state index is -0.329. The van der Waals surface area contributed by atoms with Gasteiger partial charge in [0, 0.05) is 26.1 Å². The smallest absolute Gasteiger partial charge is 0.245 e. The van der Waals surface area contributed by atoms with E-state index in [1.54, 1.807) is 0 Å². The number of hydrogen-bond acceptors (Lipinski definition) is 3. The number of amides is 2. The zero-order valence-corrected chi connectivity index (χ0v) is 11.7. The zero-order valence-electron chi connectivity index (χ0n) is 11.7. The highest BCUT2D eigenvalue weighted by Gasteiger charge is 2.29. The van der Waals surface area contributed by atoms with Crippen molar-refractivity contribution in [2.45, 2.75) is 57.6 Å². The van der Waals surface area contributed by atoms with Gasteiger partial charge in [0.05, 0.1) is 6.10 Å². The summed E-state index contributed by atoms with van der Waals surface area (Å²) in [5.74, 6) is 0.0668. The van der Waals surface area contributed by atoms with Gasteiger partial charge in [-0.15, -0.1) is 0 Å². The summed E-state index contributed by atoms with van der Waals surface area (Å²) in [6, 6.07) is -0.329. The Bertz CT molecular complexity index is 327. The molecule has 2 atom stereocenters. The predicted octanol–water partition coefficient (Wildman–Crippen LogP) is 1.07. The standard InChI is InChI=1S/C14H24N2O3/c1-2-4-12-14(18)16(9-7-13(17)15-12)8-6-11-5-3-10-19-11/h11-12H,2-10H2,1H3,(H,15,17). The van der Waals surface area contributed by atoms with Crippen LogP contribution in [-0.2, 0) is 14.3 Å². The normalized spacial score (nSPS) is 28.4. The predicted molar refractivity (Wildman–Crippen MR) is 71.6 cm³/mol. The van der Waals surface area contributed by atoms with Crippen LogP contribution in [0.25, 0.3) is 0 Å². The minimum absolute atomic E-state index is 0.00795. The SMILES string of the molecule is CCCC1NC(=O)CCN(CCC2CCCO2)C1=O. The van der Waals surface area contributed by atoms with Gasteiger partial charge in [0.15, 0.2) is 0 Å². The number of rotatable bonds is 5. The maximum atomic E-state index is 12.4. The molecule has 2 aliphatic rings. The number of carbonyl (C=O) groups excluding carboxylic acids is 2. The molecule has 0 saturated carbocycles. The summed E-state index contributed by atoms with van der Waals surface area (Å²) in [7, 11) is 0. The lowest BCUT2D eigenvalue weighted by molar-refractivity contribution is -0.134. The first-order valence-electron chi connectivity index (χ1n) is 7.40. The van der Waals surface area contributed by atoms with Crippen LogP contribution < -0.4 is 5.32 Å². The number of hydrogen-bond donors (Lipinski definition) is 1. The summed E-state index contributed by atoms with van der Waals surface area (Å²) in [5.41, 5.74) is 0. The third kappa shape index (κ3) is 3.93. The molecular formula is C14H24N2O3. The number of nitrogens with one attached hydrogen (secondary N) is 1. The average molecular weight is 268 g/mol. The quantitative estimate of drug-likeness (QED) is 0.811. The van der Waals surface area contributed by atoms with Crippen molar-refractivity contribution in [2.24, 2.45) is 0 Å². The van der Waals surface area contributed by atoms with Crippen molar-refractivity contribution in [2.75, 3.05) is 19.7 Å². The molecule has 19 heavy (non-hydrogen) atoms. The molecule has 0 aromatic carbocycles. The Morgan fingerprint density at radius 1 is 1.37 bits per heavy atom. The first-order valence-corrected chi connectivity index (χ1v) is 7.40. The van der Waals surface area contributed by atoms with Crippen LogP contribution in [0.2, 0.25) is 0 Å². The molecule has 0 bridgehead atoms. The highest BCUT2D eigenvalue weighted by molar-refractivity contribution is 5.89. The highest BCUT2D eigenvalue weighted by atomic mass is 16.5. The summed E-state index contributed by atoms with van der Waals surface area (Å²) in [5, 5.41) is 2.83. The number of nitrogens with zero attached hydrogens (tertiary/aromatic N) is 1. The third-order valence-electron chi connectivity index (χ3n) is 3.88. The summed E-state index contributed by atoms with van der Waals surface area (Å²) in [4.78, 5) is 25.8. The molecule has 108 valence electrons. The molecule has 1 N–H and O–H groups in total. The molecule has 2 aliphatic heterocycles. The lowest BCUT2D eigenvalue weighted by Crippen LogP contribution is -2.45. The van der Waals surface area contributed by atoms with Gasteiger partial charge in [-0.1, -0.05) is 13.3 Å². The van der Waals surface area contributed by atoms with E-state index in [-0.39, 0.29) is 17.9 Å². The summed E-state index contributed by atoms with van der Waals surface area (Å²) in [6.45, 7) is 4.12. The van der Waals surface area contributed by atoms with E-state index in [4.69, 9.17) is 4.74 Å². The van der Waals surface area contributed by atoms with Crippen molar-refractivity contribution in [3.05, 3.63) is 0 Å². The van der Waals surface area contributed by atoms with E-state index in [1.807, 2.05) is 11.8 Å². The fraction of sp³-hybridized carbons (Fsp3) is 0.857. The molecule has 0 radical (unpaired) electrons. The third-order valence-corrected chi connectivity index (χ3v) is 3.88. The van der Waals surface area contributed by atoms with Gasteiger partial charge >= 0.3 is 0 Å². The molecule has 0 aromatic heterocycles.